The molecule has 5 nitrogen and oxygen atoms in total. The Morgan fingerprint density at radius 1 is 1.32 bits per heavy atom. The molecule has 0 spiro atoms. The number of hydrogen-bond acceptors (Lipinski definition) is 4. The molecular weight excluding hydrogens is 431 g/mol. The number of likely N-dealkylation sites (tertiary alicyclic amines) is 1. The summed E-state index contributed by atoms with van der Waals surface area (Å²) in [6.07, 6.45) is 3.94. The van der Waals surface area contributed by atoms with E-state index in [4.69, 9.17) is 4.74 Å². The van der Waals surface area contributed by atoms with Crippen LogP contribution in [0.15, 0.2) is 29.2 Å². The van der Waals surface area contributed by atoms with Gasteiger partial charge in [0.2, 0.25) is 5.43 Å². The molecule has 0 atom stereocenters. The molecule has 1 aliphatic rings. The SMILES string of the molecule is CCOC(=O)c1cn(CC2CCN(C)CC2)c2ccc(I)cc2c1=O. The van der Waals surface area contributed by atoms with Crippen LogP contribution in [0.25, 0.3) is 10.9 Å². The van der Waals surface area contributed by atoms with Crippen molar-refractivity contribution in [2.45, 2.75) is 26.3 Å². The zero-order chi connectivity index (χ0) is 18.0. The van der Waals surface area contributed by atoms with E-state index in [0.29, 0.717) is 11.3 Å². The lowest BCUT2D eigenvalue weighted by Gasteiger charge is -2.30. The molecule has 2 aromatic rings. The highest BCUT2D eigenvalue weighted by molar-refractivity contribution is 14.1. The van der Waals surface area contributed by atoms with Gasteiger partial charge >= 0.3 is 5.97 Å². The topological polar surface area (TPSA) is 51.5 Å². The first-order valence-corrected chi connectivity index (χ1v) is 9.76. The number of piperidine rings is 1. The number of nitrogens with zero attached hydrogens (tertiary/aromatic N) is 2. The molecule has 134 valence electrons. The molecular formula is C19H23IN2O3. The van der Waals surface area contributed by atoms with Crippen molar-refractivity contribution in [1.29, 1.82) is 0 Å². The van der Waals surface area contributed by atoms with Crippen molar-refractivity contribution in [1.82, 2.24) is 9.47 Å². The van der Waals surface area contributed by atoms with E-state index >= 15 is 0 Å². The van der Waals surface area contributed by atoms with Gasteiger partial charge in [0, 0.05) is 21.7 Å². The monoisotopic (exact) mass is 454 g/mol. The highest BCUT2D eigenvalue weighted by Gasteiger charge is 2.21. The van der Waals surface area contributed by atoms with E-state index in [1.807, 2.05) is 18.2 Å². The van der Waals surface area contributed by atoms with E-state index in [0.717, 1.165) is 41.6 Å². The normalized spacial score (nSPS) is 16.3. The minimum absolute atomic E-state index is 0.129. The molecule has 1 aliphatic heterocycles. The summed E-state index contributed by atoms with van der Waals surface area (Å²) < 4.78 is 8.13. The van der Waals surface area contributed by atoms with Crippen LogP contribution in [-0.4, -0.2) is 42.2 Å². The van der Waals surface area contributed by atoms with Gasteiger partial charge in [0.25, 0.3) is 0 Å². The van der Waals surface area contributed by atoms with Gasteiger partial charge in [-0.25, -0.2) is 4.79 Å². The molecule has 0 bridgehead atoms. The molecule has 0 saturated carbocycles. The van der Waals surface area contributed by atoms with Gasteiger partial charge in [0.15, 0.2) is 0 Å². The zero-order valence-corrected chi connectivity index (χ0v) is 16.8. The Labute approximate surface area is 161 Å². The van der Waals surface area contributed by atoms with Gasteiger partial charge < -0.3 is 14.2 Å². The Balaban J connectivity index is 2.05. The van der Waals surface area contributed by atoms with Crippen molar-refractivity contribution in [2.75, 3.05) is 26.7 Å². The van der Waals surface area contributed by atoms with Crippen LogP contribution < -0.4 is 5.43 Å². The number of aromatic nitrogens is 1. The number of pyridine rings is 1. The van der Waals surface area contributed by atoms with E-state index in [1.165, 1.54) is 0 Å². The second-order valence-corrected chi connectivity index (χ2v) is 7.90. The summed E-state index contributed by atoms with van der Waals surface area (Å²) in [5, 5.41) is 0.588. The maximum absolute atomic E-state index is 12.8. The van der Waals surface area contributed by atoms with Crippen LogP contribution >= 0.6 is 22.6 Å². The van der Waals surface area contributed by atoms with Crippen LogP contribution in [0.2, 0.25) is 0 Å². The molecule has 0 unspecified atom stereocenters. The number of ether oxygens (including phenoxy) is 1. The molecule has 0 N–H and O–H groups in total. The van der Waals surface area contributed by atoms with Crippen LogP contribution in [0.4, 0.5) is 0 Å². The molecule has 25 heavy (non-hydrogen) atoms. The highest BCUT2D eigenvalue weighted by Crippen LogP contribution is 2.22. The van der Waals surface area contributed by atoms with Crippen molar-refractivity contribution >= 4 is 39.5 Å². The quantitative estimate of drug-likeness (QED) is 0.527. The Kier molecular flexibility index (Phi) is 5.78. The van der Waals surface area contributed by atoms with Crippen LogP contribution in [0.1, 0.15) is 30.1 Å². The maximum Gasteiger partial charge on any atom is 0.343 e. The Morgan fingerprint density at radius 3 is 2.72 bits per heavy atom. The Hall–Kier alpha value is -1.41. The summed E-state index contributed by atoms with van der Waals surface area (Å²) in [7, 11) is 2.14. The van der Waals surface area contributed by atoms with Gasteiger partial charge in [-0.2, -0.15) is 0 Å². The number of esters is 1. The highest BCUT2D eigenvalue weighted by atomic mass is 127. The summed E-state index contributed by atoms with van der Waals surface area (Å²) in [6, 6.07) is 5.83. The van der Waals surface area contributed by atoms with E-state index in [2.05, 4.69) is 39.1 Å². The third-order valence-corrected chi connectivity index (χ3v) is 5.50. The fourth-order valence-electron chi connectivity index (χ4n) is 3.40. The summed E-state index contributed by atoms with van der Waals surface area (Å²) in [5.41, 5.74) is 0.772. The lowest BCUT2D eigenvalue weighted by atomic mass is 9.96. The Bertz CT molecular complexity index is 838. The number of benzene rings is 1. The number of rotatable bonds is 4. The second kappa shape index (κ2) is 7.86. The molecule has 0 aliphatic carbocycles. The minimum Gasteiger partial charge on any atom is -0.462 e. The van der Waals surface area contributed by atoms with Gasteiger partial charge in [-0.3, -0.25) is 4.79 Å². The molecule has 1 saturated heterocycles. The third kappa shape index (κ3) is 4.06. The molecule has 2 heterocycles. The van der Waals surface area contributed by atoms with Crippen molar-refractivity contribution in [3.63, 3.8) is 0 Å². The molecule has 6 heteroatoms. The largest absolute Gasteiger partial charge is 0.462 e. The summed E-state index contributed by atoms with van der Waals surface area (Å²) >= 11 is 2.19. The van der Waals surface area contributed by atoms with E-state index in [9.17, 15) is 9.59 Å². The average molecular weight is 454 g/mol. The van der Waals surface area contributed by atoms with Gasteiger partial charge in [0.1, 0.15) is 5.56 Å². The average Bonchev–Trinajstić information content (AvgIpc) is 2.59. The first-order valence-electron chi connectivity index (χ1n) is 8.68. The number of halogens is 1. The van der Waals surface area contributed by atoms with Crippen LogP contribution in [-0.2, 0) is 11.3 Å². The van der Waals surface area contributed by atoms with E-state index in [-0.39, 0.29) is 17.6 Å². The smallest absolute Gasteiger partial charge is 0.343 e. The zero-order valence-electron chi connectivity index (χ0n) is 14.6. The lowest BCUT2D eigenvalue weighted by Crippen LogP contribution is -2.32. The number of fused-ring (bicyclic) bond motifs is 1. The molecule has 0 amide bonds. The van der Waals surface area contributed by atoms with Crippen LogP contribution in [0.5, 0.6) is 0 Å². The maximum atomic E-state index is 12.8. The van der Waals surface area contributed by atoms with E-state index in [1.54, 1.807) is 13.1 Å². The van der Waals surface area contributed by atoms with Crippen molar-refractivity contribution in [2.24, 2.45) is 5.92 Å². The number of carbonyl (C=O) groups excluding carboxylic acids is 1. The molecule has 1 aromatic carbocycles. The van der Waals surface area contributed by atoms with Crippen molar-refractivity contribution < 1.29 is 9.53 Å². The predicted octanol–water partition coefficient (Wildman–Crippen LogP) is 3.12. The summed E-state index contributed by atoms with van der Waals surface area (Å²) in [5.74, 6) is 0.0154. The van der Waals surface area contributed by atoms with Crippen LogP contribution in [0.3, 0.4) is 0 Å². The fraction of sp³-hybridized carbons (Fsp3) is 0.474. The first kappa shape index (κ1) is 18.4. The minimum atomic E-state index is -0.537. The van der Waals surface area contributed by atoms with Crippen molar-refractivity contribution in [3.05, 3.63) is 43.8 Å². The fourth-order valence-corrected chi connectivity index (χ4v) is 3.89. The number of hydrogen-bond donors (Lipinski definition) is 0. The van der Waals surface area contributed by atoms with Gasteiger partial charge in [-0.1, -0.05) is 0 Å². The summed E-state index contributed by atoms with van der Waals surface area (Å²) in [6.45, 7) is 5.00. The molecule has 1 fully saturated rings. The molecule has 3 rings (SSSR count). The van der Waals surface area contributed by atoms with Crippen LogP contribution in [0, 0.1) is 9.49 Å². The number of carbonyl (C=O) groups is 1. The molecule has 1 aromatic heterocycles. The van der Waals surface area contributed by atoms with Gasteiger partial charge in [0.05, 0.1) is 12.1 Å². The summed E-state index contributed by atoms with van der Waals surface area (Å²) in [4.78, 5) is 27.3. The van der Waals surface area contributed by atoms with Gasteiger partial charge in [-0.05, 0) is 86.6 Å². The van der Waals surface area contributed by atoms with Crippen molar-refractivity contribution in [3.8, 4) is 0 Å². The standard InChI is InChI=1S/C19H23IN2O3/c1-3-25-19(24)16-12-22(11-13-6-8-21(2)9-7-13)17-5-4-14(20)10-15(17)18(16)23/h4-5,10,12-13H,3,6-9,11H2,1-2H3. The first-order chi connectivity index (χ1) is 12.0. The van der Waals surface area contributed by atoms with Gasteiger partial charge in [-0.15, -0.1) is 0 Å². The third-order valence-electron chi connectivity index (χ3n) is 4.83. The molecule has 0 radical (unpaired) electrons. The second-order valence-electron chi connectivity index (χ2n) is 6.65. The Morgan fingerprint density at radius 2 is 2.04 bits per heavy atom. The lowest BCUT2D eigenvalue weighted by molar-refractivity contribution is 0.0524. The van der Waals surface area contributed by atoms with E-state index < -0.39 is 5.97 Å². The predicted molar refractivity (Wildman–Crippen MR) is 107 cm³/mol.